The Labute approximate surface area is 138 Å². The second-order valence-electron chi connectivity index (χ2n) is 5.51. The summed E-state index contributed by atoms with van der Waals surface area (Å²) >= 11 is 3.36. The SMILES string of the molecule is O=C(Cc1cccc(Br)c1)NCC(C(=O)O)C1CCOCC1. The number of benzene rings is 1. The van der Waals surface area contributed by atoms with Crippen LogP contribution in [0.4, 0.5) is 0 Å². The maximum Gasteiger partial charge on any atom is 0.308 e. The van der Waals surface area contributed by atoms with Crippen LogP contribution in [0.3, 0.4) is 0 Å². The third kappa shape index (κ3) is 5.10. The van der Waals surface area contributed by atoms with Crippen molar-refractivity contribution in [3.05, 3.63) is 34.3 Å². The van der Waals surface area contributed by atoms with E-state index in [2.05, 4.69) is 21.2 Å². The van der Waals surface area contributed by atoms with E-state index in [-0.39, 0.29) is 24.8 Å². The van der Waals surface area contributed by atoms with Gasteiger partial charge < -0.3 is 15.2 Å². The monoisotopic (exact) mass is 369 g/mol. The van der Waals surface area contributed by atoms with Crippen molar-refractivity contribution in [3.63, 3.8) is 0 Å². The summed E-state index contributed by atoms with van der Waals surface area (Å²) in [5.74, 6) is -1.49. The van der Waals surface area contributed by atoms with Crippen molar-refractivity contribution in [3.8, 4) is 0 Å². The molecule has 0 aliphatic carbocycles. The molecular formula is C16H20BrNO4. The first-order valence-electron chi connectivity index (χ1n) is 7.38. The number of nitrogens with one attached hydrogen (secondary N) is 1. The number of hydrogen-bond donors (Lipinski definition) is 2. The number of carboxylic acid groups (broad SMARTS) is 1. The molecule has 1 fully saturated rings. The lowest BCUT2D eigenvalue weighted by atomic mass is 9.86. The molecule has 1 unspecified atom stereocenters. The van der Waals surface area contributed by atoms with E-state index in [0.29, 0.717) is 13.2 Å². The smallest absolute Gasteiger partial charge is 0.308 e. The topological polar surface area (TPSA) is 75.6 Å². The molecule has 6 heteroatoms. The van der Waals surface area contributed by atoms with E-state index in [0.717, 1.165) is 22.9 Å². The maximum atomic E-state index is 12.0. The third-order valence-corrected chi connectivity index (χ3v) is 4.42. The Morgan fingerprint density at radius 2 is 2.09 bits per heavy atom. The van der Waals surface area contributed by atoms with Gasteiger partial charge in [-0.05, 0) is 36.5 Å². The second-order valence-corrected chi connectivity index (χ2v) is 6.42. The molecule has 1 aromatic carbocycles. The van der Waals surface area contributed by atoms with Crippen LogP contribution in [0.25, 0.3) is 0 Å². The molecule has 120 valence electrons. The van der Waals surface area contributed by atoms with Gasteiger partial charge in [0.25, 0.3) is 0 Å². The molecular weight excluding hydrogens is 350 g/mol. The molecule has 1 aliphatic heterocycles. The highest BCUT2D eigenvalue weighted by Crippen LogP contribution is 2.23. The maximum absolute atomic E-state index is 12.0. The van der Waals surface area contributed by atoms with Crippen molar-refractivity contribution < 1.29 is 19.4 Å². The molecule has 0 saturated carbocycles. The molecule has 1 amide bonds. The molecule has 22 heavy (non-hydrogen) atoms. The standard InChI is InChI=1S/C16H20BrNO4/c17-13-3-1-2-11(8-13)9-15(19)18-10-14(16(20)21)12-4-6-22-7-5-12/h1-3,8,12,14H,4-7,9-10H2,(H,18,19)(H,20,21). The average Bonchev–Trinajstić information content (AvgIpc) is 2.48. The van der Waals surface area contributed by atoms with Crippen LogP contribution < -0.4 is 5.32 Å². The van der Waals surface area contributed by atoms with Crippen molar-refractivity contribution in [2.24, 2.45) is 11.8 Å². The first-order chi connectivity index (χ1) is 10.6. The number of carbonyl (C=O) groups excluding carboxylic acids is 1. The Hall–Kier alpha value is -1.40. The lowest BCUT2D eigenvalue weighted by molar-refractivity contribution is -0.144. The normalized spacial score (nSPS) is 17.0. The van der Waals surface area contributed by atoms with Crippen molar-refractivity contribution in [1.82, 2.24) is 5.32 Å². The highest BCUT2D eigenvalue weighted by molar-refractivity contribution is 9.10. The van der Waals surface area contributed by atoms with E-state index in [1.165, 1.54) is 0 Å². The molecule has 0 radical (unpaired) electrons. The van der Waals surface area contributed by atoms with Crippen molar-refractivity contribution >= 4 is 27.8 Å². The lowest BCUT2D eigenvalue weighted by Crippen LogP contribution is -2.39. The number of carbonyl (C=O) groups is 2. The Bertz CT molecular complexity index is 529. The molecule has 0 bridgehead atoms. The van der Waals surface area contributed by atoms with Gasteiger partial charge in [-0.3, -0.25) is 9.59 Å². The van der Waals surface area contributed by atoms with Gasteiger partial charge >= 0.3 is 5.97 Å². The lowest BCUT2D eigenvalue weighted by Gasteiger charge is -2.27. The summed E-state index contributed by atoms with van der Waals surface area (Å²) in [6, 6.07) is 7.52. The van der Waals surface area contributed by atoms with Gasteiger partial charge in [-0.1, -0.05) is 28.1 Å². The van der Waals surface area contributed by atoms with Gasteiger partial charge in [0.15, 0.2) is 0 Å². The predicted octanol–water partition coefficient (Wildman–Crippen LogP) is 2.24. The number of halogens is 1. The first kappa shape index (κ1) is 17.0. The molecule has 1 heterocycles. The minimum atomic E-state index is -0.852. The highest BCUT2D eigenvalue weighted by Gasteiger charge is 2.29. The molecule has 1 aliphatic rings. The number of carboxylic acids is 1. The first-order valence-corrected chi connectivity index (χ1v) is 8.17. The van der Waals surface area contributed by atoms with E-state index in [1.807, 2.05) is 24.3 Å². The van der Waals surface area contributed by atoms with E-state index >= 15 is 0 Å². The quantitative estimate of drug-likeness (QED) is 0.805. The highest BCUT2D eigenvalue weighted by atomic mass is 79.9. The van der Waals surface area contributed by atoms with Crippen LogP contribution in [0.15, 0.2) is 28.7 Å². The Morgan fingerprint density at radius 1 is 1.36 bits per heavy atom. The number of rotatable bonds is 6. The molecule has 0 aromatic heterocycles. The summed E-state index contributed by atoms with van der Waals surface area (Å²) in [6.45, 7) is 1.37. The zero-order chi connectivity index (χ0) is 15.9. The Morgan fingerprint density at radius 3 is 2.73 bits per heavy atom. The van der Waals surface area contributed by atoms with E-state index in [9.17, 15) is 14.7 Å². The Balaban J connectivity index is 1.86. The van der Waals surface area contributed by atoms with Crippen molar-refractivity contribution in [2.75, 3.05) is 19.8 Å². The summed E-state index contributed by atoms with van der Waals surface area (Å²) in [4.78, 5) is 23.4. The minimum absolute atomic E-state index is 0.0671. The van der Waals surface area contributed by atoms with Crippen molar-refractivity contribution in [2.45, 2.75) is 19.3 Å². The number of amides is 1. The van der Waals surface area contributed by atoms with Gasteiger partial charge in [0.2, 0.25) is 5.91 Å². The van der Waals surface area contributed by atoms with Crippen LogP contribution in [0.1, 0.15) is 18.4 Å². The van der Waals surface area contributed by atoms with Crippen LogP contribution in [0.2, 0.25) is 0 Å². The van der Waals surface area contributed by atoms with Gasteiger partial charge in [-0.15, -0.1) is 0 Å². The summed E-state index contributed by atoms with van der Waals surface area (Å²) in [5, 5.41) is 12.1. The molecule has 1 saturated heterocycles. The van der Waals surface area contributed by atoms with Gasteiger partial charge in [0.05, 0.1) is 12.3 Å². The fourth-order valence-electron chi connectivity index (χ4n) is 2.69. The number of ether oxygens (including phenoxy) is 1. The summed E-state index contributed by atoms with van der Waals surface area (Å²) < 4.78 is 6.18. The van der Waals surface area contributed by atoms with Gasteiger partial charge in [0, 0.05) is 24.2 Å². The minimum Gasteiger partial charge on any atom is -0.481 e. The zero-order valence-corrected chi connectivity index (χ0v) is 13.8. The van der Waals surface area contributed by atoms with Crippen LogP contribution in [0, 0.1) is 11.8 Å². The third-order valence-electron chi connectivity index (χ3n) is 3.93. The summed E-state index contributed by atoms with van der Waals surface area (Å²) in [5.41, 5.74) is 0.893. The number of aliphatic carboxylic acids is 1. The van der Waals surface area contributed by atoms with Gasteiger partial charge in [0.1, 0.15) is 0 Å². The zero-order valence-electron chi connectivity index (χ0n) is 12.3. The molecule has 2 rings (SSSR count). The van der Waals surface area contributed by atoms with Crippen LogP contribution in [0.5, 0.6) is 0 Å². The molecule has 2 N–H and O–H groups in total. The molecule has 1 aromatic rings. The van der Waals surface area contributed by atoms with Crippen LogP contribution in [-0.2, 0) is 20.7 Å². The molecule has 0 spiro atoms. The summed E-state index contributed by atoms with van der Waals surface area (Å²) in [6.07, 6.45) is 1.72. The van der Waals surface area contributed by atoms with Crippen LogP contribution in [-0.4, -0.2) is 36.7 Å². The van der Waals surface area contributed by atoms with E-state index < -0.39 is 11.9 Å². The molecule has 5 nitrogen and oxygen atoms in total. The average molecular weight is 370 g/mol. The summed E-state index contributed by atoms with van der Waals surface area (Å²) in [7, 11) is 0. The number of hydrogen-bond acceptors (Lipinski definition) is 3. The second kappa shape index (κ2) is 8.29. The molecule has 1 atom stereocenters. The fraction of sp³-hybridized carbons (Fsp3) is 0.500. The largest absolute Gasteiger partial charge is 0.481 e. The van der Waals surface area contributed by atoms with Gasteiger partial charge in [-0.25, -0.2) is 0 Å². The van der Waals surface area contributed by atoms with Crippen molar-refractivity contribution in [1.29, 1.82) is 0 Å². The van der Waals surface area contributed by atoms with Gasteiger partial charge in [-0.2, -0.15) is 0 Å². The Kier molecular flexibility index (Phi) is 6.39. The predicted molar refractivity (Wildman–Crippen MR) is 85.5 cm³/mol. The van der Waals surface area contributed by atoms with Crippen LogP contribution >= 0.6 is 15.9 Å². The van der Waals surface area contributed by atoms with E-state index in [4.69, 9.17) is 4.74 Å². The van der Waals surface area contributed by atoms with E-state index in [1.54, 1.807) is 0 Å². The fourth-order valence-corrected chi connectivity index (χ4v) is 3.14.